The van der Waals surface area contributed by atoms with Crippen molar-refractivity contribution in [1.29, 1.82) is 0 Å². The lowest BCUT2D eigenvalue weighted by Crippen LogP contribution is -2.58. The Balaban J connectivity index is 1.57. The number of halogens is 2. The fraction of sp³-hybridized carbons (Fsp3) is 0.500. The van der Waals surface area contributed by atoms with Gasteiger partial charge in [0.1, 0.15) is 11.5 Å². The minimum absolute atomic E-state index is 0.0224. The van der Waals surface area contributed by atoms with Crippen molar-refractivity contribution < 1.29 is 13.6 Å². The maximum absolute atomic E-state index is 14.8. The van der Waals surface area contributed by atoms with Crippen LogP contribution in [0.5, 0.6) is 0 Å². The van der Waals surface area contributed by atoms with Crippen molar-refractivity contribution in [2.75, 3.05) is 31.1 Å². The molecule has 1 amide bonds. The van der Waals surface area contributed by atoms with Gasteiger partial charge in [-0.2, -0.15) is 5.10 Å². The molecule has 25 heavy (non-hydrogen) atoms. The summed E-state index contributed by atoms with van der Waals surface area (Å²) in [6.45, 7) is 0.693. The molecule has 2 aromatic heterocycles. The Morgan fingerprint density at radius 1 is 1.16 bits per heavy atom. The zero-order chi connectivity index (χ0) is 17.5. The number of likely N-dealkylation sites (tertiary alicyclic amines) is 1. The van der Waals surface area contributed by atoms with E-state index in [2.05, 4.69) is 20.2 Å². The molecule has 0 unspecified atom stereocenters. The van der Waals surface area contributed by atoms with Crippen molar-refractivity contribution in [2.45, 2.75) is 18.8 Å². The number of amides is 1. The van der Waals surface area contributed by atoms with Crippen LogP contribution in [0.3, 0.4) is 0 Å². The number of anilines is 1. The van der Waals surface area contributed by atoms with Gasteiger partial charge in [0, 0.05) is 51.2 Å². The highest BCUT2D eigenvalue weighted by Crippen LogP contribution is 2.50. The Kier molecular flexibility index (Phi) is 3.66. The number of H-pyrrole nitrogens is 1. The Hall–Kier alpha value is -2.58. The molecule has 2 saturated heterocycles. The summed E-state index contributed by atoms with van der Waals surface area (Å²) in [6, 6.07) is 1.56. The molecule has 0 aromatic carbocycles. The largest absolute Gasteiger partial charge is 0.354 e. The highest BCUT2D eigenvalue weighted by atomic mass is 19.3. The number of aromatic nitrogens is 4. The van der Waals surface area contributed by atoms with Gasteiger partial charge in [0.05, 0.1) is 11.6 Å². The summed E-state index contributed by atoms with van der Waals surface area (Å²) in [5, 5.41) is 6.37. The average Bonchev–Trinajstić information content (AvgIpc) is 3.29. The fourth-order valence-electron chi connectivity index (χ4n) is 3.77. The van der Waals surface area contributed by atoms with Gasteiger partial charge in [-0.15, -0.1) is 0 Å². The molecular weight excluding hydrogens is 330 g/mol. The molecule has 4 rings (SSSR count). The van der Waals surface area contributed by atoms with Gasteiger partial charge in [0.15, 0.2) is 0 Å². The first-order valence-electron chi connectivity index (χ1n) is 8.18. The zero-order valence-electron chi connectivity index (χ0n) is 13.5. The highest BCUT2D eigenvalue weighted by Gasteiger charge is 2.60. The lowest BCUT2D eigenvalue weighted by Gasteiger charge is -2.45. The lowest BCUT2D eigenvalue weighted by molar-refractivity contribution is -0.150. The third-order valence-corrected chi connectivity index (χ3v) is 5.21. The molecule has 0 saturated carbocycles. The number of carbonyl (C=O) groups is 1. The number of rotatable bonds is 2. The minimum Gasteiger partial charge on any atom is -0.354 e. The molecular formula is C16H18F2N6O. The van der Waals surface area contributed by atoms with E-state index in [1.54, 1.807) is 24.7 Å². The Labute approximate surface area is 143 Å². The first kappa shape index (κ1) is 15.9. The van der Waals surface area contributed by atoms with Crippen LogP contribution in [0.4, 0.5) is 14.6 Å². The van der Waals surface area contributed by atoms with Crippen LogP contribution < -0.4 is 4.90 Å². The molecule has 2 aliphatic rings. The Morgan fingerprint density at radius 2 is 2.04 bits per heavy atom. The third-order valence-electron chi connectivity index (χ3n) is 5.21. The monoisotopic (exact) mass is 348 g/mol. The number of aromatic amines is 1. The summed E-state index contributed by atoms with van der Waals surface area (Å²) in [6.07, 6.45) is 6.13. The topological polar surface area (TPSA) is 78.0 Å². The first-order chi connectivity index (χ1) is 12.0. The van der Waals surface area contributed by atoms with Crippen molar-refractivity contribution in [1.82, 2.24) is 25.1 Å². The number of nitrogens with one attached hydrogen (secondary N) is 1. The Bertz CT molecular complexity index is 753. The summed E-state index contributed by atoms with van der Waals surface area (Å²) in [7, 11) is 0. The van der Waals surface area contributed by atoms with E-state index in [9.17, 15) is 13.6 Å². The van der Waals surface area contributed by atoms with E-state index in [1.165, 1.54) is 11.1 Å². The van der Waals surface area contributed by atoms with Crippen molar-refractivity contribution in [3.05, 3.63) is 36.5 Å². The van der Waals surface area contributed by atoms with Crippen LogP contribution in [0.2, 0.25) is 0 Å². The van der Waals surface area contributed by atoms with Crippen molar-refractivity contribution in [2.24, 2.45) is 5.41 Å². The van der Waals surface area contributed by atoms with Gasteiger partial charge in [-0.05, 0) is 12.5 Å². The average molecular weight is 348 g/mol. The smallest absolute Gasteiger partial charge is 0.271 e. The molecule has 7 nitrogen and oxygen atoms in total. The van der Waals surface area contributed by atoms with Gasteiger partial charge in [-0.3, -0.25) is 14.9 Å². The molecule has 132 valence electrons. The van der Waals surface area contributed by atoms with Gasteiger partial charge < -0.3 is 9.80 Å². The van der Waals surface area contributed by atoms with Crippen LogP contribution in [-0.2, 0) is 0 Å². The first-order valence-corrected chi connectivity index (χ1v) is 8.18. The number of piperidine rings is 1. The minimum atomic E-state index is -2.82. The second kappa shape index (κ2) is 5.75. The molecule has 2 aliphatic heterocycles. The SMILES string of the molecule is O=C(c1ccn[nH]1)N1CCC(F)(F)[C@]2(CCN(c3cnccn3)C2)C1. The molecule has 1 spiro atoms. The quantitative estimate of drug-likeness (QED) is 0.891. The van der Waals surface area contributed by atoms with E-state index in [4.69, 9.17) is 0 Å². The standard InChI is InChI=1S/C16H18F2N6O/c17-16(18)3-8-24(14(25)12-1-4-21-22-12)11-15(16)2-7-23(10-15)13-9-19-5-6-20-13/h1,4-6,9H,2-3,7-8,10-11H2,(H,21,22)/t15-/m0/s1. The molecule has 2 fully saturated rings. The second-order valence-corrected chi connectivity index (χ2v) is 6.67. The fourth-order valence-corrected chi connectivity index (χ4v) is 3.77. The van der Waals surface area contributed by atoms with Gasteiger partial charge >= 0.3 is 0 Å². The predicted octanol–water partition coefficient (Wildman–Crippen LogP) is 1.58. The van der Waals surface area contributed by atoms with Crippen molar-refractivity contribution in [3.63, 3.8) is 0 Å². The summed E-state index contributed by atoms with van der Waals surface area (Å²) < 4.78 is 29.6. The van der Waals surface area contributed by atoms with Crippen LogP contribution in [0.25, 0.3) is 0 Å². The van der Waals surface area contributed by atoms with E-state index in [0.29, 0.717) is 24.5 Å². The molecule has 9 heteroatoms. The van der Waals surface area contributed by atoms with E-state index >= 15 is 0 Å². The summed E-state index contributed by atoms with van der Waals surface area (Å²) in [5.41, 5.74) is -0.942. The number of nitrogens with zero attached hydrogens (tertiary/aromatic N) is 5. The van der Waals surface area contributed by atoms with Crippen molar-refractivity contribution >= 4 is 11.7 Å². The molecule has 0 radical (unpaired) electrons. The summed E-state index contributed by atoms with van der Waals surface area (Å²) >= 11 is 0. The predicted molar refractivity (Wildman–Crippen MR) is 85.4 cm³/mol. The molecule has 0 bridgehead atoms. The maximum atomic E-state index is 14.8. The normalized spacial score (nSPS) is 25.5. The highest BCUT2D eigenvalue weighted by molar-refractivity contribution is 5.92. The number of alkyl halides is 2. The molecule has 0 aliphatic carbocycles. The zero-order valence-corrected chi connectivity index (χ0v) is 13.5. The number of hydrogen-bond acceptors (Lipinski definition) is 5. The van der Waals surface area contributed by atoms with Crippen LogP contribution in [0.15, 0.2) is 30.9 Å². The van der Waals surface area contributed by atoms with Gasteiger partial charge in [0.2, 0.25) is 0 Å². The summed E-state index contributed by atoms with van der Waals surface area (Å²) in [5.74, 6) is -2.52. The van der Waals surface area contributed by atoms with Gasteiger partial charge in [0.25, 0.3) is 11.8 Å². The second-order valence-electron chi connectivity index (χ2n) is 6.67. The van der Waals surface area contributed by atoms with Gasteiger partial charge in [-0.1, -0.05) is 0 Å². The lowest BCUT2D eigenvalue weighted by atomic mass is 9.75. The van der Waals surface area contributed by atoms with E-state index < -0.39 is 11.3 Å². The number of carbonyl (C=O) groups excluding carboxylic acids is 1. The third kappa shape index (κ3) is 2.63. The molecule has 2 aromatic rings. The van der Waals surface area contributed by atoms with Gasteiger partial charge in [-0.25, -0.2) is 13.8 Å². The summed E-state index contributed by atoms with van der Waals surface area (Å²) in [4.78, 5) is 24.1. The van der Waals surface area contributed by atoms with Crippen molar-refractivity contribution in [3.8, 4) is 0 Å². The van der Waals surface area contributed by atoms with Crippen LogP contribution in [-0.4, -0.2) is 63.1 Å². The maximum Gasteiger partial charge on any atom is 0.271 e. The van der Waals surface area contributed by atoms with E-state index in [-0.39, 0.29) is 32.0 Å². The Morgan fingerprint density at radius 3 is 2.76 bits per heavy atom. The molecule has 4 heterocycles. The molecule has 1 atom stereocenters. The van der Waals surface area contributed by atoms with Crippen LogP contribution in [0.1, 0.15) is 23.3 Å². The van der Waals surface area contributed by atoms with E-state index in [1.807, 2.05) is 4.90 Å². The van der Waals surface area contributed by atoms with E-state index in [0.717, 1.165) is 0 Å². The van der Waals surface area contributed by atoms with Crippen LogP contribution >= 0.6 is 0 Å². The molecule has 1 N–H and O–H groups in total. The van der Waals surface area contributed by atoms with Crippen LogP contribution in [0, 0.1) is 5.41 Å². The number of hydrogen-bond donors (Lipinski definition) is 1.